The van der Waals surface area contributed by atoms with Gasteiger partial charge < -0.3 is 15.6 Å². The first-order valence-corrected chi connectivity index (χ1v) is 10.4. The normalized spacial score (nSPS) is 23.6. The Bertz CT molecular complexity index is 647. The van der Waals surface area contributed by atoms with E-state index in [1.54, 1.807) is 11.8 Å². The molecular formula is C14H22N4O3S2. The van der Waals surface area contributed by atoms with Crippen molar-refractivity contribution < 1.29 is 13.2 Å². The number of carbonyl (C=O) groups excluding carboxylic acids is 1. The molecule has 9 heteroatoms. The first-order valence-electron chi connectivity index (χ1n) is 7.85. The predicted molar refractivity (Wildman–Crippen MR) is 90.2 cm³/mol. The maximum Gasteiger partial charge on any atom is 0.267 e. The van der Waals surface area contributed by atoms with Gasteiger partial charge in [0.15, 0.2) is 0 Å². The van der Waals surface area contributed by atoms with Gasteiger partial charge in [-0.2, -0.15) is 16.1 Å². The lowest BCUT2D eigenvalue weighted by atomic mass is 10.1. The molecule has 1 unspecified atom stereocenters. The van der Waals surface area contributed by atoms with E-state index in [9.17, 15) is 13.2 Å². The van der Waals surface area contributed by atoms with Gasteiger partial charge in [-0.3, -0.25) is 4.79 Å². The fourth-order valence-electron chi connectivity index (χ4n) is 2.83. The highest BCUT2D eigenvalue weighted by Gasteiger charge is 2.28. The van der Waals surface area contributed by atoms with Gasteiger partial charge >= 0.3 is 0 Å². The van der Waals surface area contributed by atoms with Gasteiger partial charge in [0, 0.05) is 43.4 Å². The first kappa shape index (κ1) is 16.8. The third-order valence-electron chi connectivity index (χ3n) is 4.14. The highest BCUT2D eigenvalue weighted by molar-refractivity contribution is 7.99. The zero-order valence-corrected chi connectivity index (χ0v) is 14.5. The Morgan fingerprint density at radius 1 is 1.35 bits per heavy atom. The van der Waals surface area contributed by atoms with Gasteiger partial charge in [-0.25, -0.2) is 8.42 Å². The third-order valence-corrected chi connectivity index (χ3v) is 6.96. The number of thioether (sulfide) groups is 1. The molecule has 7 nitrogen and oxygen atoms in total. The number of rotatable bonds is 4. The lowest BCUT2D eigenvalue weighted by Gasteiger charge is -2.25. The van der Waals surface area contributed by atoms with E-state index in [0.29, 0.717) is 18.8 Å². The molecule has 2 fully saturated rings. The van der Waals surface area contributed by atoms with E-state index < -0.39 is 10.0 Å². The third kappa shape index (κ3) is 3.90. The van der Waals surface area contributed by atoms with Crippen molar-refractivity contribution in [2.24, 2.45) is 0 Å². The Hall–Kier alpha value is -1.03. The van der Waals surface area contributed by atoms with E-state index in [2.05, 4.69) is 15.6 Å². The van der Waals surface area contributed by atoms with Crippen LogP contribution in [0.4, 0.5) is 0 Å². The zero-order chi connectivity index (χ0) is 16.3. The second-order valence-electron chi connectivity index (χ2n) is 5.78. The van der Waals surface area contributed by atoms with E-state index in [-0.39, 0.29) is 16.8 Å². The van der Waals surface area contributed by atoms with Gasteiger partial charge in [0.25, 0.3) is 5.91 Å². The molecule has 1 aromatic rings. The predicted octanol–water partition coefficient (Wildman–Crippen LogP) is 0.234. The smallest absolute Gasteiger partial charge is 0.267 e. The SMILES string of the molecule is O=C(NC1CCCNC1)c1cc(S(=O)(=O)N2CCSCC2)c[nH]1. The van der Waals surface area contributed by atoms with Crippen LogP contribution in [0, 0.1) is 0 Å². The Balaban J connectivity index is 1.68. The summed E-state index contributed by atoms with van der Waals surface area (Å²) in [4.78, 5) is 15.2. The van der Waals surface area contributed by atoms with E-state index >= 15 is 0 Å². The number of amides is 1. The number of sulfonamides is 1. The van der Waals surface area contributed by atoms with Crippen molar-refractivity contribution in [3.05, 3.63) is 18.0 Å². The summed E-state index contributed by atoms with van der Waals surface area (Å²) < 4.78 is 26.6. The standard InChI is InChI=1S/C14H22N4O3S2/c19-14(17-11-2-1-3-15-9-11)13-8-12(10-16-13)23(20,21)18-4-6-22-7-5-18/h8,10-11,15-16H,1-7,9H2,(H,17,19). The summed E-state index contributed by atoms with van der Waals surface area (Å²) in [6.45, 7) is 2.77. The molecule has 3 N–H and O–H groups in total. The van der Waals surface area contributed by atoms with Crippen molar-refractivity contribution >= 4 is 27.7 Å². The molecule has 2 aliphatic rings. The van der Waals surface area contributed by atoms with Crippen molar-refractivity contribution in [1.29, 1.82) is 0 Å². The molecular weight excluding hydrogens is 336 g/mol. The van der Waals surface area contributed by atoms with Crippen LogP contribution in [0.2, 0.25) is 0 Å². The average molecular weight is 358 g/mol. The van der Waals surface area contributed by atoms with E-state index in [1.807, 2.05) is 0 Å². The molecule has 23 heavy (non-hydrogen) atoms. The average Bonchev–Trinajstić information content (AvgIpc) is 3.07. The first-order chi connectivity index (χ1) is 11.1. The van der Waals surface area contributed by atoms with Crippen LogP contribution < -0.4 is 10.6 Å². The number of hydrogen-bond acceptors (Lipinski definition) is 5. The highest BCUT2D eigenvalue weighted by Crippen LogP contribution is 2.20. The van der Waals surface area contributed by atoms with Crippen molar-refractivity contribution in [3.8, 4) is 0 Å². The second-order valence-corrected chi connectivity index (χ2v) is 8.94. The molecule has 3 rings (SSSR count). The van der Waals surface area contributed by atoms with Gasteiger partial charge in [-0.1, -0.05) is 0 Å². The number of H-pyrrole nitrogens is 1. The van der Waals surface area contributed by atoms with Gasteiger partial charge in [0.05, 0.1) is 0 Å². The van der Waals surface area contributed by atoms with Crippen LogP contribution in [0.25, 0.3) is 0 Å². The van der Waals surface area contributed by atoms with Crippen LogP contribution in [0.1, 0.15) is 23.3 Å². The summed E-state index contributed by atoms with van der Waals surface area (Å²) in [5.74, 6) is 1.37. The van der Waals surface area contributed by atoms with E-state index in [0.717, 1.165) is 37.4 Å². The van der Waals surface area contributed by atoms with Crippen molar-refractivity contribution in [2.75, 3.05) is 37.7 Å². The molecule has 2 saturated heterocycles. The number of nitrogens with one attached hydrogen (secondary N) is 3. The van der Waals surface area contributed by atoms with Crippen molar-refractivity contribution in [2.45, 2.75) is 23.8 Å². The number of hydrogen-bond donors (Lipinski definition) is 3. The number of aromatic amines is 1. The number of carbonyl (C=O) groups is 1. The molecule has 1 aromatic heterocycles. The maximum atomic E-state index is 12.6. The molecule has 0 radical (unpaired) electrons. The van der Waals surface area contributed by atoms with Crippen molar-refractivity contribution in [3.63, 3.8) is 0 Å². The van der Waals surface area contributed by atoms with Gasteiger partial charge in [0.1, 0.15) is 10.6 Å². The number of piperidine rings is 1. The Morgan fingerprint density at radius 3 is 2.83 bits per heavy atom. The van der Waals surface area contributed by atoms with Gasteiger partial charge in [-0.15, -0.1) is 0 Å². The lowest BCUT2D eigenvalue weighted by molar-refractivity contribution is 0.0926. The molecule has 128 valence electrons. The lowest BCUT2D eigenvalue weighted by Crippen LogP contribution is -2.45. The van der Waals surface area contributed by atoms with Crippen LogP contribution in [-0.4, -0.2) is 67.3 Å². The number of aromatic nitrogens is 1. The Kier molecular flexibility index (Phi) is 5.30. The minimum Gasteiger partial charge on any atom is -0.356 e. The highest BCUT2D eigenvalue weighted by atomic mass is 32.2. The summed E-state index contributed by atoms with van der Waals surface area (Å²) in [6, 6.07) is 1.53. The van der Waals surface area contributed by atoms with E-state index in [4.69, 9.17) is 0 Å². The Morgan fingerprint density at radius 2 is 2.13 bits per heavy atom. The molecule has 0 aliphatic carbocycles. The van der Waals surface area contributed by atoms with Crippen LogP contribution in [-0.2, 0) is 10.0 Å². The minimum atomic E-state index is -3.51. The molecule has 3 heterocycles. The molecule has 0 saturated carbocycles. The fraction of sp³-hybridized carbons (Fsp3) is 0.643. The molecule has 0 aromatic carbocycles. The maximum absolute atomic E-state index is 12.6. The molecule has 0 bridgehead atoms. The molecule has 1 amide bonds. The molecule has 1 atom stereocenters. The minimum absolute atomic E-state index is 0.0960. The Labute approximate surface area is 140 Å². The molecule has 0 spiro atoms. The van der Waals surface area contributed by atoms with Crippen LogP contribution in [0.15, 0.2) is 17.2 Å². The van der Waals surface area contributed by atoms with E-state index in [1.165, 1.54) is 16.6 Å². The van der Waals surface area contributed by atoms with Crippen molar-refractivity contribution in [1.82, 2.24) is 19.9 Å². The van der Waals surface area contributed by atoms with Gasteiger partial charge in [0.2, 0.25) is 10.0 Å². The van der Waals surface area contributed by atoms with Crippen LogP contribution in [0.3, 0.4) is 0 Å². The fourth-order valence-corrected chi connectivity index (χ4v) is 5.40. The summed E-state index contributed by atoms with van der Waals surface area (Å²) in [5, 5.41) is 6.17. The summed E-state index contributed by atoms with van der Waals surface area (Å²) in [6.07, 6.45) is 3.38. The van der Waals surface area contributed by atoms with Crippen LogP contribution >= 0.6 is 11.8 Å². The summed E-state index contributed by atoms with van der Waals surface area (Å²) in [7, 11) is -3.51. The monoisotopic (exact) mass is 358 g/mol. The summed E-state index contributed by atoms with van der Waals surface area (Å²) >= 11 is 1.76. The van der Waals surface area contributed by atoms with Crippen LogP contribution in [0.5, 0.6) is 0 Å². The largest absolute Gasteiger partial charge is 0.356 e. The number of nitrogens with zero attached hydrogens (tertiary/aromatic N) is 1. The second kappa shape index (κ2) is 7.25. The molecule has 2 aliphatic heterocycles. The quantitative estimate of drug-likeness (QED) is 0.716. The zero-order valence-electron chi connectivity index (χ0n) is 12.9. The van der Waals surface area contributed by atoms with Gasteiger partial charge in [-0.05, 0) is 25.5 Å². The summed E-state index contributed by atoms with van der Waals surface area (Å²) in [5.41, 5.74) is 0.292. The topological polar surface area (TPSA) is 94.3 Å².